The van der Waals surface area contributed by atoms with Crippen molar-refractivity contribution in [3.63, 3.8) is 0 Å². The highest BCUT2D eigenvalue weighted by atomic mass is 19.1. The molecule has 0 spiro atoms. The molecule has 1 aromatic rings. The van der Waals surface area contributed by atoms with Crippen molar-refractivity contribution in [2.75, 3.05) is 7.11 Å². The van der Waals surface area contributed by atoms with Crippen molar-refractivity contribution in [3.05, 3.63) is 29.6 Å². The van der Waals surface area contributed by atoms with Crippen LogP contribution >= 0.6 is 0 Å². The Balaban J connectivity index is 2.02. The molecule has 3 nitrogen and oxygen atoms in total. The summed E-state index contributed by atoms with van der Waals surface area (Å²) in [5.41, 5.74) is 6.85. The molecule has 118 valence electrons. The standard InChI is InChI=1S/C17H26FNO2/c1-3-14(19)8-12-7-13(18)10-17(9-12)21-16-6-4-5-15(11-16)20-2/h7,9-10,14-16H,3-6,8,11,19H2,1-2H3. The molecule has 0 heterocycles. The van der Waals surface area contributed by atoms with Crippen LogP contribution in [-0.2, 0) is 11.2 Å². The average molecular weight is 295 g/mol. The van der Waals surface area contributed by atoms with Crippen molar-refractivity contribution in [2.45, 2.75) is 63.7 Å². The van der Waals surface area contributed by atoms with Crippen LogP contribution in [0, 0.1) is 5.82 Å². The second-order valence-corrected chi connectivity index (χ2v) is 5.93. The van der Waals surface area contributed by atoms with Gasteiger partial charge in [0.05, 0.1) is 6.10 Å². The molecular weight excluding hydrogens is 269 g/mol. The molecule has 0 aromatic heterocycles. The molecular formula is C17H26FNO2. The molecule has 0 amide bonds. The highest BCUT2D eigenvalue weighted by Gasteiger charge is 2.23. The second-order valence-electron chi connectivity index (χ2n) is 5.93. The summed E-state index contributed by atoms with van der Waals surface area (Å²) in [6, 6.07) is 4.97. The quantitative estimate of drug-likeness (QED) is 0.874. The molecule has 3 unspecified atom stereocenters. The predicted octanol–water partition coefficient (Wildman–Crippen LogP) is 3.44. The third-order valence-corrected chi connectivity index (χ3v) is 4.17. The maximum atomic E-state index is 13.7. The molecule has 0 saturated heterocycles. The topological polar surface area (TPSA) is 44.5 Å². The lowest BCUT2D eigenvalue weighted by atomic mass is 9.95. The van der Waals surface area contributed by atoms with Crippen molar-refractivity contribution in [1.29, 1.82) is 0 Å². The van der Waals surface area contributed by atoms with Gasteiger partial charge in [-0.05, 0) is 49.8 Å². The SMILES string of the molecule is CCC(N)Cc1cc(F)cc(OC2CCCC(OC)C2)c1. The fourth-order valence-electron chi connectivity index (χ4n) is 2.87. The van der Waals surface area contributed by atoms with Gasteiger partial charge in [-0.15, -0.1) is 0 Å². The maximum Gasteiger partial charge on any atom is 0.127 e. The van der Waals surface area contributed by atoms with Crippen LogP contribution in [0.2, 0.25) is 0 Å². The lowest BCUT2D eigenvalue weighted by Crippen LogP contribution is -2.29. The van der Waals surface area contributed by atoms with Gasteiger partial charge in [-0.3, -0.25) is 0 Å². The van der Waals surface area contributed by atoms with Gasteiger partial charge in [-0.1, -0.05) is 6.92 Å². The first kappa shape index (κ1) is 16.2. The Morgan fingerprint density at radius 2 is 2.05 bits per heavy atom. The summed E-state index contributed by atoms with van der Waals surface area (Å²) in [5, 5.41) is 0. The van der Waals surface area contributed by atoms with E-state index in [9.17, 15) is 4.39 Å². The normalized spacial score (nSPS) is 23.8. The number of halogens is 1. The van der Waals surface area contributed by atoms with Crippen LogP contribution in [0.15, 0.2) is 18.2 Å². The molecule has 1 aromatic carbocycles. The molecule has 1 aliphatic carbocycles. The van der Waals surface area contributed by atoms with Crippen LogP contribution in [-0.4, -0.2) is 25.4 Å². The molecule has 0 radical (unpaired) electrons. The second kappa shape index (κ2) is 7.76. The first-order valence-electron chi connectivity index (χ1n) is 7.85. The number of benzene rings is 1. The van der Waals surface area contributed by atoms with Gasteiger partial charge in [0.1, 0.15) is 17.7 Å². The van der Waals surface area contributed by atoms with Crippen LogP contribution in [0.5, 0.6) is 5.75 Å². The van der Waals surface area contributed by atoms with Crippen LogP contribution in [0.25, 0.3) is 0 Å². The van der Waals surface area contributed by atoms with Crippen LogP contribution in [0.3, 0.4) is 0 Å². The van der Waals surface area contributed by atoms with Gasteiger partial charge in [0.25, 0.3) is 0 Å². The zero-order valence-corrected chi connectivity index (χ0v) is 13.0. The summed E-state index contributed by atoms with van der Waals surface area (Å²) in [4.78, 5) is 0. The minimum atomic E-state index is -0.259. The van der Waals surface area contributed by atoms with E-state index in [0.29, 0.717) is 12.2 Å². The van der Waals surface area contributed by atoms with Gasteiger partial charge < -0.3 is 15.2 Å². The Bertz CT molecular complexity index is 452. The number of rotatable bonds is 6. The number of hydrogen-bond acceptors (Lipinski definition) is 3. The van der Waals surface area contributed by atoms with Gasteiger partial charge in [0, 0.05) is 25.6 Å². The van der Waals surface area contributed by atoms with Gasteiger partial charge in [-0.25, -0.2) is 4.39 Å². The largest absolute Gasteiger partial charge is 0.490 e. The molecule has 1 saturated carbocycles. The monoisotopic (exact) mass is 295 g/mol. The molecule has 2 rings (SSSR count). The fourth-order valence-corrected chi connectivity index (χ4v) is 2.87. The first-order valence-corrected chi connectivity index (χ1v) is 7.85. The summed E-state index contributed by atoms with van der Waals surface area (Å²) in [6.45, 7) is 2.04. The molecule has 4 heteroatoms. The Kier molecular flexibility index (Phi) is 6.00. The lowest BCUT2D eigenvalue weighted by Gasteiger charge is -2.28. The van der Waals surface area contributed by atoms with Gasteiger partial charge >= 0.3 is 0 Å². The molecule has 1 aliphatic rings. The Morgan fingerprint density at radius 3 is 2.76 bits per heavy atom. The Hall–Kier alpha value is -1.13. The van der Waals surface area contributed by atoms with Gasteiger partial charge in [-0.2, -0.15) is 0 Å². The van der Waals surface area contributed by atoms with E-state index in [4.69, 9.17) is 15.2 Å². The molecule has 3 atom stereocenters. The summed E-state index contributed by atoms with van der Waals surface area (Å²) in [6.07, 6.45) is 5.96. The molecule has 0 bridgehead atoms. The summed E-state index contributed by atoms with van der Waals surface area (Å²) < 4.78 is 25.1. The zero-order chi connectivity index (χ0) is 15.2. The highest BCUT2D eigenvalue weighted by Crippen LogP contribution is 2.26. The first-order chi connectivity index (χ1) is 10.1. The van der Waals surface area contributed by atoms with E-state index in [1.165, 1.54) is 6.07 Å². The molecule has 21 heavy (non-hydrogen) atoms. The van der Waals surface area contributed by atoms with E-state index in [1.807, 2.05) is 13.0 Å². The van der Waals surface area contributed by atoms with E-state index in [2.05, 4.69) is 0 Å². The summed E-state index contributed by atoms with van der Waals surface area (Å²) in [7, 11) is 1.74. The van der Waals surface area contributed by atoms with E-state index >= 15 is 0 Å². The van der Waals surface area contributed by atoms with Crippen LogP contribution < -0.4 is 10.5 Å². The van der Waals surface area contributed by atoms with Crippen LogP contribution in [0.1, 0.15) is 44.6 Å². The lowest BCUT2D eigenvalue weighted by molar-refractivity contribution is 0.0208. The number of methoxy groups -OCH3 is 1. The number of nitrogens with two attached hydrogens (primary N) is 1. The van der Waals surface area contributed by atoms with Crippen molar-refractivity contribution >= 4 is 0 Å². The minimum Gasteiger partial charge on any atom is -0.490 e. The Morgan fingerprint density at radius 1 is 1.29 bits per heavy atom. The van der Waals surface area contributed by atoms with Gasteiger partial charge in [0.2, 0.25) is 0 Å². The van der Waals surface area contributed by atoms with E-state index in [-0.39, 0.29) is 24.1 Å². The highest BCUT2D eigenvalue weighted by molar-refractivity contribution is 5.30. The Labute approximate surface area is 126 Å². The van der Waals surface area contributed by atoms with Crippen molar-refractivity contribution in [1.82, 2.24) is 0 Å². The van der Waals surface area contributed by atoms with E-state index in [0.717, 1.165) is 37.7 Å². The van der Waals surface area contributed by atoms with Gasteiger partial charge in [0.15, 0.2) is 0 Å². The predicted molar refractivity (Wildman–Crippen MR) is 82.1 cm³/mol. The van der Waals surface area contributed by atoms with Crippen molar-refractivity contribution < 1.29 is 13.9 Å². The summed E-state index contributed by atoms with van der Waals surface area (Å²) >= 11 is 0. The number of hydrogen-bond donors (Lipinski definition) is 1. The fraction of sp³-hybridized carbons (Fsp3) is 0.647. The summed E-state index contributed by atoms with van der Waals surface area (Å²) in [5.74, 6) is 0.347. The maximum absolute atomic E-state index is 13.7. The van der Waals surface area contributed by atoms with Crippen LogP contribution in [0.4, 0.5) is 4.39 Å². The average Bonchev–Trinajstić information content (AvgIpc) is 2.46. The molecule has 1 fully saturated rings. The minimum absolute atomic E-state index is 0.0622. The van der Waals surface area contributed by atoms with E-state index < -0.39 is 0 Å². The molecule has 0 aliphatic heterocycles. The zero-order valence-electron chi connectivity index (χ0n) is 13.0. The smallest absolute Gasteiger partial charge is 0.127 e. The van der Waals surface area contributed by atoms with Crippen molar-refractivity contribution in [2.24, 2.45) is 5.73 Å². The van der Waals surface area contributed by atoms with Crippen molar-refractivity contribution in [3.8, 4) is 5.75 Å². The molecule has 2 N–H and O–H groups in total. The van der Waals surface area contributed by atoms with E-state index in [1.54, 1.807) is 13.2 Å². The third-order valence-electron chi connectivity index (χ3n) is 4.17. The third kappa shape index (κ3) is 4.97. The number of ether oxygens (including phenoxy) is 2.